The van der Waals surface area contributed by atoms with E-state index in [0.29, 0.717) is 5.88 Å². The molecule has 0 radical (unpaired) electrons. The Bertz CT molecular complexity index is 742. The fourth-order valence-electron chi connectivity index (χ4n) is 2.27. The zero-order chi connectivity index (χ0) is 13.6. The van der Waals surface area contributed by atoms with Crippen molar-refractivity contribution >= 4 is 38.7 Å². The van der Waals surface area contributed by atoms with Gasteiger partial charge in [0.25, 0.3) is 0 Å². The molecule has 0 fully saturated rings. The van der Waals surface area contributed by atoms with Gasteiger partial charge in [-0.1, -0.05) is 15.9 Å². The van der Waals surface area contributed by atoms with Crippen molar-refractivity contribution in [1.82, 2.24) is 19.3 Å². The summed E-state index contributed by atoms with van der Waals surface area (Å²) in [5, 5.41) is 4.41. The maximum atomic E-state index is 6.02. The van der Waals surface area contributed by atoms with E-state index in [4.69, 9.17) is 11.6 Å². The highest BCUT2D eigenvalue weighted by Crippen LogP contribution is 2.25. The van der Waals surface area contributed by atoms with Gasteiger partial charge in [-0.15, -0.1) is 11.6 Å². The van der Waals surface area contributed by atoms with E-state index < -0.39 is 0 Å². The summed E-state index contributed by atoms with van der Waals surface area (Å²) in [6, 6.07) is 8.07. The Morgan fingerprint density at radius 3 is 2.58 bits per heavy atom. The zero-order valence-corrected chi connectivity index (χ0v) is 12.9. The van der Waals surface area contributed by atoms with E-state index >= 15 is 0 Å². The van der Waals surface area contributed by atoms with Crippen molar-refractivity contribution in [2.75, 3.05) is 0 Å². The summed E-state index contributed by atoms with van der Waals surface area (Å²) in [7, 11) is 1.92. The topological polar surface area (TPSA) is 35.6 Å². The first kappa shape index (κ1) is 12.7. The molecule has 98 valence electrons. The Hall–Kier alpha value is -1.33. The van der Waals surface area contributed by atoms with Gasteiger partial charge in [0.2, 0.25) is 0 Å². The van der Waals surface area contributed by atoms with Gasteiger partial charge in [0.1, 0.15) is 11.3 Å². The lowest BCUT2D eigenvalue weighted by molar-refractivity contribution is 0.755. The molecule has 0 saturated heterocycles. The van der Waals surface area contributed by atoms with Crippen LogP contribution in [0.5, 0.6) is 0 Å². The number of imidazole rings is 1. The molecule has 0 saturated carbocycles. The maximum absolute atomic E-state index is 6.02. The smallest absolute Gasteiger partial charge is 0.163 e. The predicted octanol–water partition coefficient (Wildman–Crippen LogP) is 3.57. The van der Waals surface area contributed by atoms with Gasteiger partial charge in [-0.05, 0) is 31.2 Å². The van der Waals surface area contributed by atoms with Crippen molar-refractivity contribution in [3.8, 4) is 5.69 Å². The average molecular weight is 340 g/mol. The van der Waals surface area contributed by atoms with Crippen LogP contribution in [0.3, 0.4) is 0 Å². The number of hydrogen-bond donors (Lipinski definition) is 0. The number of hydrogen-bond acceptors (Lipinski definition) is 2. The number of aryl methyl sites for hydroxylation is 2. The largest absolute Gasteiger partial charge is 0.280 e. The van der Waals surface area contributed by atoms with Crippen molar-refractivity contribution in [1.29, 1.82) is 0 Å². The Morgan fingerprint density at radius 2 is 1.95 bits per heavy atom. The zero-order valence-electron chi connectivity index (χ0n) is 10.6. The third kappa shape index (κ3) is 1.97. The molecule has 19 heavy (non-hydrogen) atoms. The number of fused-ring (bicyclic) bond motifs is 1. The number of rotatable bonds is 2. The van der Waals surface area contributed by atoms with E-state index in [9.17, 15) is 0 Å². The highest BCUT2D eigenvalue weighted by molar-refractivity contribution is 9.10. The maximum Gasteiger partial charge on any atom is 0.163 e. The van der Waals surface area contributed by atoms with Crippen LogP contribution >= 0.6 is 27.5 Å². The van der Waals surface area contributed by atoms with E-state index in [1.807, 2.05) is 42.9 Å². The second kappa shape index (κ2) is 4.65. The molecule has 0 bridgehead atoms. The summed E-state index contributed by atoms with van der Waals surface area (Å²) >= 11 is 9.47. The van der Waals surface area contributed by atoms with Gasteiger partial charge in [-0.25, -0.2) is 9.67 Å². The summed E-state index contributed by atoms with van der Waals surface area (Å²) in [4.78, 5) is 4.59. The quantitative estimate of drug-likeness (QED) is 0.669. The first-order chi connectivity index (χ1) is 9.11. The summed E-state index contributed by atoms with van der Waals surface area (Å²) in [5.74, 6) is 1.19. The first-order valence-electron chi connectivity index (χ1n) is 5.84. The van der Waals surface area contributed by atoms with Crippen LogP contribution in [-0.4, -0.2) is 19.3 Å². The highest BCUT2D eigenvalue weighted by Gasteiger charge is 2.17. The van der Waals surface area contributed by atoms with Crippen molar-refractivity contribution in [2.45, 2.75) is 12.8 Å². The first-order valence-corrected chi connectivity index (χ1v) is 7.17. The normalized spacial score (nSPS) is 11.4. The molecule has 6 heteroatoms. The van der Waals surface area contributed by atoms with Crippen molar-refractivity contribution in [2.24, 2.45) is 7.05 Å². The van der Waals surface area contributed by atoms with Gasteiger partial charge in [0.15, 0.2) is 5.65 Å². The molecular formula is C13H12BrClN4. The summed E-state index contributed by atoms with van der Waals surface area (Å²) < 4.78 is 4.94. The molecule has 0 unspecified atom stereocenters. The lowest BCUT2D eigenvalue weighted by Gasteiger charge is -2.08. The van der Waals surface area contributed by atoms with Gasteiger partial charge < -0.3 is 0 Å². The van der Waals surface area contributed by atoms with E-state index in [-0.39, 0.29) is 0 Å². The van der Waals surface area contributed by atoms with Crippen molar-refractivity contribution in [3.05, 3.63) is 40.3 Å². The lowest BCUT2D eigenvalue weighted by Crippen LogP contribution is -2.04. The van der Waals surface area contributed by atoms with Gasteiger partial charge in [-0.3, -0.25) is 4.57 Å². The summed E-state index contributed by atoms with van der Waals surface area (Å²) in [6.45, 7) is 1.96. The number of nitrogens with zero attached hydrogens (tertiary/aromatic N) is 4. The monoisotopic (exact) mass is 338 g/mol. The molecular weight excluding hydrogens is 328 g/mol. The highest BCUT2D eigenvalue weighted by atomic mass is 79.9. The van der Waals surface area contributed by atoms with Crippen LogP contribution < -0.4 is 0 Å². The second-order valence-corrected chi connectivity index (χ2v) is 5.54. The predicted molar refractivity (Wildman–Crippen MR) is 79.8 cm³/mol. The van der Waals surface area contributed by atoms with Gasteiger partial charge in [0, 0.05) is 17.2 Å². The van der Waals surface area contributed by atoms with E-state index in [0.717, 1.165) is 32.8 Å². The van der Waals surface area contributed by atoms with Crippen molar-refractivity contribution in [3.63, 3.8) is 0 Å². The molecule has 0 amide bonds. The third-order valence-electron chi connectivity index (χ3n) is 3.08. The Balaban J connectivity index is 2.34. The van der Waals surface area contributed by atoms with Crippen LogP contribution in [0.2, 0.25) is 0 Å². The molecule has 0 atom stereocenters. The molecule has 2 heterocycles. The molecule has 1 aromatic carbocycles. The minimum Gasteiger partial charge on any atom is -0.280 e. The third-order valence-corrected chi connectivity index (χ3v) is 3.84. The number of benzene rings is 1. The SMILES string of the molecule is Cc1nn(C)c2c1nc(CCl)n2-c1ccc(Br)cc1. The molecule has 3 aromatic rings. The second-order valence-electron chi connectivity index (χ2n) is 4.35. The molecule has 0 spiro atoms. The number of halogens is 2. The molecule has 3 rings (SSSR count). The van der Waals surface area contributed by atoms with E-state index in [1.165, 1.54) is 0 Å². The minimum atomic E-state index is 0.365. The molecule has 0 aliphatic carbocycles. The van der Waals surface area contributed by atoms with Crippen LogP contribution in [0.25, 0.3) is 16.9 Å². The molecule has 4 nitrogen and oxygen atoms in total. The Labute approximate surface area is 124 Å². The van der Waals surface area contributed by atoms with Gasteiger partial charge in [-0.2, -0.15) is 5.10 Å². The minimum absolute atomic E-state index is 0.365. The summed E-state index contributed by atoms with van der Waals surface area (Å²) in [5.41, 5.74) is 3.82. The standard InChI is InChI=1S/C13H12BrClN4/c1-8-12-13(18(2)17-8)19(11(7-15)16-12)10-5-3-9(14)4-6-10/h3-6H,7H2,1-2H3. The molecule has 0 aliphatic rings. The van der Waals surface area contributed by atoms with E-state index in [1.54, 1.807) is 0 Å². The number of aromatic nitrogens is 4. The summed E-state index contributed by atoms with van der Waals surface area (Å²) in [6.07, 6.45) is 0. The fourth-order valence-corrected chi connectivity index (χ4v) is 2.71. The van der Waals surface area contributed by atoms with Crippen LogP contribution in [0.4, 0.5) is 0 Å². The lowest BCUT2D eigenvalue weighted by atomic mass is 10.3. The Kier molecular flexibility index (Phi) is 3.11. The fraction of sp³-hybridized carbons (Fsp3) is 0.231. The number of alkyl halides is 1. The van der Waals surface area contributed by atoms with Gasteiger partial charge in [0.05, 0.1) is 11.6 Å². The van der Waals surface area contributed by atoms with Crippen LogP contribution in [-0.2, 0) is 12.9 Å². The molecule has 0 N–H and O–H groups in total. The molecule has 2 aromatic heterocycles. The van der Waals surface area contributed by atoms with Crippen LogP contribution in [0.15, 0.2) is 28.7 Å². The van der Waals surface area contributed by atoms with Crippen LogP contribution in [0.1, 0.15) is 11.5 Å². The van der Waals surface area contributed by atoms with Gasteiger partial charge >= 0.3 is 0 Å². The Morgan fingerprint density at radius 1 is 1.26 bits per heavy atom. The van der Waals surface area contributed by atoms with E-state index in [2.05, 4.69) is 30.6 Å². The average Bonchev–Trinajstić information content (AvgIpc) is 2.90. The molecule has 0 aliphatic heterocycles. The van der Waals surface area contributed by atoms with Crippen LogP contribution in [0, 0.1) is 6.92 Å². The van der Waals surface area contributed by atoms with Crippen molar-refractivity contribution < 1.29 is 0 Å².